The molecule has 1 N–H and O–H groups in total. The van der Waals surface area contributed by atoms with Crippen molar-refractivity contribution in [3.63, 3.8) is 0 Å². The third-order valence-electron chi connectivity index (χ3n) is 4.84. The minimum absolute atomic E-state index is 0.276. The van der Waals surface area contributed by atoms with E-state index < -0.39 is 0 Å². The van der Waals surface area contributed by atoms with E-state index >= 15 is 0 Å². The first-order valence-corrected chi connectivity index (χ1v) is 7.48. The summed E-state index contributed by atoms with van der Waals surface area (Å²) < 4.78 is 5.36. The van der Waals surface area contributed by atoms with Gasteiger partial charge < -0.3 is 15.0 Å². The molecule has 4 nitrogen and oxygen atoms in total. The van der Waals surface area contributed by atoms with Crippen LogP contribution in [0.4, 0.5) is 0 Å². The van der Waals surface area contributed by atoms with Gasteiger partial charge in [0.25, 0.3) is 0 Å². The Labute approximate surface area is 116 Å². The Morgan fingerprint density at radius 2 is 1.74 bits per heavy atom. The predicted molar refractivity (Wildman–Crippen MR) is 76.0 cm³/mol. The molecule has 2 saturated heterocycles. The van der Waals surface area contributed by atoms with Gasteiger partial charge >= 0.3 is 0 Å². The zero-order valence-electron chi connectivity index (χ0n) is 12.6. The molecular weight excluding hydrogens is 240 g/mol. The summed E-state index contributed by atoms with van der Waals surface area (Å²) in [5.74, 6) is 0.325. The summed E-state index contributed by atoms with van der Waals surface area (Å²) in [4.78, 5) is 15.0. The number of hydrogen-bond donors (Lipinski definition) is 1. The lowest BCUT2D eigenvalue weighted by atomic mass is 9.76. The molecule has 0 aliphatic carbocycles. The highest BCUT2D eigenvalue weighted by Gasteiger charge is 2.43. The van der Waals surface area contributed by atoms with Gasteiger partial charge in [0.15, 0.2) is 0 Å². The molecule has 0 saturated carbocycles. The molecule has 0 unspecified atom stereocenters. The largest absolute Gasteiger partial charge is 0.384 e. The van der Waals surface area contributed by atoms with E-state index in [1.165, 1.54) is 0 Å². The van der Waals surface area contributed by atoms with Crippen molar-refractivity contribution in [2.75, 3.05) is 39.9 Å². The van der Waals surface area contributed by atoms with Crippen molar-refractivity contribution in [1.29, 1.82) is 0 Å². The fraction of sp³-hybridized carbons (Fsp3) is 0.933. The van der Waals surface area contributed by atoms with Gasteiger partial charge in [-0.25, -0.2) is 0 Å². The van der Waals surface area contributed by atoms with Crippen LogP contribution in [-0.4, -0.2) is 50.7 Å². The molecule has 4 heteroatoms. The molecule has 2 fully saturated rings. The molecule has 0 aromatic heterocycles. The van der Waals surface area contributed by atoms with Crippen LogP contribution in [0.1, 0.15) is 39.5 Å². The highest BCUT2D eigenvalue weighted by molar-refractivity contribution is 5.83. The van der Waals surface area contributed by atoms with Crippen LogP contribution in [0.2, 0.25) is 0 Å². The van der Waals surface area contributed by atoms with E-state index in [0.29, 0.717) is 17.9 Å². The monoisotopic (exact) mass is 268 g/mol. The number of rotatable bonds is 3. The number of piperidine rings is 2. The Morgan fingerprint density at radius 3 is 2.26 bits per heavy atom. The second-order valence-electron chi connectivity index (χ2n) is 6.92. The van der Waals surface area contributed by atoms with Gasteiger partial charge in [0.05, 0.1) is 12.0 Å². The summed E-state index contributed by atoms with van der Waals surface area (Å²) >= 11 is 0. The number of carbonyl (C=O) groups is 1. The second kappa shape index (κ2) is 5.80. The Kier molecular flexibility index (Phi) is 4.51. The Morgan fingerprint density at radius 1 is 1.16 bits per heavy atom. The SMILES string of the molecule is COCC1(C(=O)N2CCC(C)(C)CC2)CCNCC1. The topological polar surface area (TPSA) is 41.6 Å². The first-order valence-electron chi connectivity index (χ1n) is 7.48. The van der Waals surface area contributed by atoms with E-state index in [2.05, 4.69) is 24.1 Å². The quantitative estimate of drug-likeness (QED) is 0.846. The highest BCUT2D eigenvalue weighted by atomic mass is 16.5. The zero-order valence-corrected chi connectivity index (χ0v) is 12.6. The third kappa shape index (κ3) is 3.29. The van der Waals surface area contributed by atoms with E-state index in [4.69, 9.17) is 4.74 Å². The highest BCUT2D eigenvalue weighted by Crippen LogP contribution is 2.35. The van der Waals surface area contributed by atoms with E-state index in [9.17, 15) is 4.79 Å². The number of hydrogen-bond acceptors (Lipinski definition) is 3. The number of methoxy groups -OCH3 is 1. The van der Waals surface area contributed by atoms with Gasteiger partial charge in [-0.2, -0.15) is 0 Å². The van der Waals surface area contributed by atoms with E-state index in [1.807, 2.05) is 0 Å². The maximum Gasteiger partial charge on any atom is 0.231 e. The molecule has 2 rings (SSSR count). The summed E-state index contributed by atoms with van der Waals surface area (Å²) in [5.41, 5.74) is 0.112. The van der Waals surface area contributed by atoms with Gasteiger partial charge in [-0.15, -0.1) is 0 Å². The number of nitrogens with zero attached hydrogens (tertiary/aromatic N) is 1. The molecular formula is C15H28N2O2. The number of ether oxygens (including phenoxy) is 1. The van der Waals surface area contributed by atoms with Gasteiger partial charge in [0.1, 0.15) is 0 Å². The van der Waals surface area contributed by atoms with Crippen molar-refractivity contribution in [2.24, 2.45) is 10.8 Å². The summed E-state index contributed by atoms with van der Waals surface area (Å²) in [7, 11) is 1.70. The lowest BCUT2D eigenvalue weighted by molar-refractivity contribution is -0.149. The molecule has 1 amide bonds. The maximum absolute atomic E-state index is 12.9. The summed E-state index contributed by atoms with van der Waals surface area (Å²) in [6, 6.07) is 0. The van der Waals surface area contributed by atoms with Crippen LogP contribution < -0.4 is 5.32 Å². The fourth-order valence-corrected chi connectivity index (χ4v) is 3.25. The molecule has 19 heavy (non-hydrogen) atoms. The normalized spacial score (nSPS) is 26.2. The third-order valence-corrected chi connectivity index (χ3v) is 4.84. The minimum Gasteiger partial charge on any atom is -0.384 e. The minimum atomic E-state index is -0.276. The fourth-order valence-electron chi connectivity index (χ4n) is 3.25. The van der Waals surface area contributed by atoms with Crippen LogP contribution in [0, 0.1) is 10.8 Å². The van der Waals surface area contributed by atoms with E-state index in [0.717, 1.165) is 51.9 Å². The molecule has 0 aromatic rings. The molecule has 0 bridgehead atoms. The van der Waals surface area contributed by atoms with Crippen molar-refractivity contribution < 1.29 is 9.53 Å². The molecule has 0 radical (unpaired) electrons. The molecule has 0 spiro atoms. The average molecular weight is 268 g/mol. The van der Waals surface area contributed by atoms with Gasteiger partial charge in [0.2, 0.25) is 5.91 Å². The first kappa shape index (κ1) is 14.8. The molecule has 2 aliphatic heterocycles. The van der Waals surface area contributed by atoms with E-state index in [1.54, 1.807) is 7.11 Å². The first-order chi connectivity index (χ1) is 8.99. The average Bonchev–Trinajstić information content (AvgIpc) is 2.39. The molecule has 0 aromatic carbocycles. The lowest BCUT2D eigenvalue weighted by Gasteiger charge is -2.43. The summed E-state index contributed by atoms with van der Waals surface area (Å²) in [6.07, 6.45) is 4.03. The number of carbonyl (C=O) groups excluding carboxylic acids is 1. The zero-order chi connectivity index (χ0) is 13.9. The van der Waals surface area contributed by atoms with Gasteiger partial charge in [-0.1, -0.05) is 13.8 Å². The molecule has 0 atom stereocenters. The van der Waals surface area contributed by atoms with Gasteiger partial charge in [0, 0.05) is 20.2 Å². The molecule has 2 heterocycles. The second-order valence-corrected chi connectivity index (χ2v) is 6.92. The van der Waals surface area contributed by atoms with E-state index in [-0.39, 0.29) is 5.41 Å². The smallest absolute Gasteiger partial charge is 0.231 e. The van der Waals surface area contributed by atoms with Crippen LogP contribution in [0.3, 0.4) is 0 Å². The van der Waals surface area contributed by atoms with Crippen LogP contribution in [0.5, 0.6) is 0 Å². The predicted octanol–water partition coefficient (Wildman–Crippen LogP) is 1.65. The summed E-state index contributed by atoms with van der Waals surface area (Å²) in [6.45, 7) is 8.82. The lowest BCUT2D eigenvalue weighted by Crippen LogP contribution is -2.53. The Hall–Kier alpha value is -0.610. The Bertz CT molecular complexity index is 307. The maximum atomic E-state index is 12.9. The van der Waals surface area contributed by atoms with Crippen molar-refractivity contribution in [3.8, 4) is 0 Å². The molecule has 110 valence electrons. The van der Waals surface area contributed by atoms with Crippen LogP contribution in [0.15, 0.2) is 0 Å². The number of nitrogens with one attached hydrogen (secondary N) is 1. The van der Waals surface area contributed by atoms with Gasteiger partial charge in [-0.3, -0.25) is 4.79 Å². The van der Waals surface area contributed by atoms with Gasteiger partial charge in [-0.05, 0) is 44.2 Å². The molecule has 2 aliphatic rings. The number of likely N-dealkylation sites (tertiary alicyclic amines) is 1. The van der Waals surface area contributed by atoms with Crippen molar-refractivity contribution in [3.05, 3.63) is 0 Å². The number of amides is 1. The van der Waals surface area contributed by atoms with Crippen LogP contribution in [0.25, 0.3) is 0 Å². The summed E-state index contributed by atoms with van der Waals surface area (Å²) in [5, 5.41) is 3.34. The van der Waals surface area contributed by atoms with Crippen LogP contribution >= 0.6 is 0 Å². The van der Waals surface area contributed by atoms with Crippen LogP contribution in [-0.2, 0) is 9.53 Å². The Balaban J connectivity index is 2.03. The van der Waals surface area contributed by atoms with Crippen molar-refractivity contribution in [2.45, 2.75) is 39.5 Å². The van der Waals surface area contributed by atoms with Crippen molar-refractivity contribution >= 4 is 5.91 Å². The van der Waals surface area contributed by atoms with Crippen molar-refractivity contribution in [1.82, 2.24) is 10.2 Å². The standard InChI is InChI=1S/C15H28N2O2/c1-14(2)6-10-17(11-7-14)13(18)15(12-19-3)4-8-16-9-5-15/h16H,4-12H2,1-3H3.